The first-order valence-electron chi connectivity index (χ1n) is 9.03. The molecule has 0 bridgehead atoms. The lowest BCUT2D eigenvalue weighted by Crippen LogP contribution is -2.57. The molecular weight excluding hydrogens is 340 g/mol. The van der Waals surface area contributed by atoms with Crippen molar-refractivity contribution in [1.29, 1.82) is 0 Å². The third-order valence-electron chi connectivity index (χ3n) is 4.92. The van der Waals surface area contributed by atoms with Gasteiger partial charge < -0.3 is 19.7 Å². The monoisotopic (exact) mass is 368 g/mol. The van der Waals surface area contributed by atoms with Crippen molar-refractivity contribution in [2.24, 2.45) is 0 Å². The predicted octanol–water partition coefficient (Wildman–Crippen LogP) is 2.04. The van der Waals surface area contributed by atoms with Gasteiger partial charge >= 0.3 is 0 Å². The number of carbonyl (C=O) groups excluding carboxylic acids is 1. The quantitative estimate of drug-likeness (QED) is 0.864. The molecule has 1 aromatic carbocycles. The van der Waals surface area contributed by atoms with Crippen molar-refractivity contribution >= 4 is 18.3 Å². The number of hydrogen-bond donors (Lipinski definition) is 1. The standard InChI is InChI=1S/C19H28N2O3.ClH/c1-15-18(20-10-14-23-15)19(22)21-11-7-17(8-12-21)24-13-9-16-5-3-2-4-6-16;/h2-6,15,17-18,20H,7-14H2,1H3;1H/t15-,18+;/m1./s1. The molecule has 0 aromatic heterocycles. The van der Waals surface area contributed by atoms with Gasteiger partial charge in [0.1, 0.15) is 6.04 Å². The van der Waals surface area contributed by atoms with Gasteiger partial charge in [0.2, 0.25) is 5.91 Å². The molecule has 2 heterocycles. The fraction of sp³-hybridized carbons (Fsp3) is 0.632. The van der Waals surface area contributed by atoms with E-state index in [1.54, 1.807) is 0 Å². The molecule has 2 saturated heterocycles. The molecule has 1 amide bonds. The second kappa shape index (κ2) is 10.1. The van der Waals surface area contributed by atoms with Gasteiger partial charge in [-0.25, -0.2) is 0 Å². The Labute approximate surface area is 156 Å². The van der Waals surface area contributed by atoms with Crippen LogP contribution in [0.5, 0.6) is 0 Å². The fourth-order valence-corrected chi connectivity index (χ4v) is 3.44. The summed E-state index contributed by atoms with van der Waals surface area (Å²) in [6, 6.07) is 10.2. The fourth-order valence-electron chi connectivity index (χ4n) is 3.44. The van der Waals surface area contributed by atoms with Crippen LogP contribution in [-0.2, 0) is 20.7 Å². The van der Waals surface area contributed by atoms with Gasteiger partial charge in [-0.15, -0.1) is 12.4 Å². The number of nitrogens with one attached hydrogen (secondary N) is 1. The van der Waals surface area contributed by atoms with Crippen LogP contribution < -0.4 is 5.32 Å². The summed E-state index contributed by atoms with van der Waals surface area (Å²) in [7, 11) is 0. The Morgan fingerprint density at radius 1 is 1.28 bits per heavy atom. The Balaban J connectivity index is 0.00000225. The number of amides is 1. The second-order valence-electron chi connectivity index (χ2n) is 6.64. The van der Waals surface area contributed by atoms with Gasteiger partial charge in [0, 0.05) is 19.6 Å². The van der Waals surface area contributed by atoms with Gasteiger partial charge in [-0.05, 0) is 31.7 Å². The molecule has 3 rings (SSSR count). The minimum Gasteiger partial charge on any atom is -0.378 e. The van der Waals surface area contributed by atoms with E-state index in [4.69, 9.17) is 9.47 Å². The summed E-state index contributed by atoms with van der Waals surface area (Å²) in [5.74, 6) is 0.171. The van der Waals surface area contributed by atoms with Crippen LogP contribution in [0.4, 0.5) is 0 Å². The first-order valence-corrected chi connectivity index (χ1v) is 9.03. The van der Waals surface area contributed by atoms with Crippen LogP contribution >= 0.6 is 12.4 Å². The van der Waals surface area contributed by atoms with Gasteiger partial charge in [-0.2, -0.15) is 0 Å². The van der Waals surface area contributed by atoms with E-state index in [9.17, 15) is 4.79 Å². The molecule has 2 aliphatic heterocycles. The third-order valence-corrected chi connectivity index (χ3v) is 4.92. The zero-order valence-corrected chi connectivity index (χ0v) is 15.7. The smallest absolute Gasteiger partial charge is 0.242 e. The maximum Gasteiger partial charge on any atom is 0.242 e. The Morgan fingerprint density at radius 2 is 2.00 bits per heavy atom. The third kappa shape index (κ3) is 5.68. The van der Waals surface area contributed by atoms with Crippen molar-refractivity contribution in [2.75, 3.05) is 32.8 Å². The number of halogens is 1. The van der Waals surface area contributed by atoms with Crippen LogP contribution in [0.2, 0.25) is 0 Å². The van der Waals surface area contributed by atoms with Crippen LogP contribution in [0, 0.1) is 0 Å². The van der Waals surface area contributed by atoms with Crippen molar-refractivity contribution < 1.29 is 14.3 Å². The van der Waals surface area contributed by atoms with E-state index in [1.165, 1.54) is 5.56 Å². The summed E-state index contributed by atoms with van der Waals surface area (Å²) in [6.45, 7) is 5.70. The molecule has 0 unspecified atom stereocenters. The number of piperidine rings is 1. The van der Waals surface area contributed by atoms with Crippen molar-refractivity contribution in [3.05, 3.63) is 35.9 Å². The Bertz CT molecular complexity index is 521. The number of benzene rings is 1. The maximum atomic E-state index is 12.6. The zero-order chi connectivity index (χ0) is 16.8. The zero-order valence-electron chi connectivity index (χ0n) is 14.9. The summed E-state index contributed by atoms with van der Waals surface area (Å²) in [4.78, 5) is 14.6. The highest BCUT2D eigenvalue weighted by molar-refractivity contribution is 5.85. The van der Waals surface area contributed by atoms with Gasteiger partial charge in [-0.1, -0.05) is 30.3 Å². The number of rotatable bonds is 5. The van der Waals surface area contributed by atoms with Crippen molar-refractivity contribution in [1.82, 2.24) is 10.2 Å². The molecule has 5 nitrogen and oxygen atoms in total. The Kier molecular flexibility index (Phi) is 8.16. The van der Waals surface area contributed by atoms with Gasteiger partial charge in [0.15, 0.2) is 0 Å². The minimum atomic E-state index is -0.200. The number of likely N-dealkylation sites (tertiary alicyclic amines) is 1. The molecule has 1 aromatic rings. The first-order chi connectivity index (χ1) is 11.7. The van der Waals surface area contributed by atoms with E-state index in [0.29, 0.717) is 6.61 Å². The summed E-state index contributed by atoms with van der Waals surface area (Å²) in [6.07, 6.45) is 3.00. The van der Waals surface area contributed by atoms with Crippen molar-refractivity contribution in [3.63, 3.8) is 0 Å². The molecule has 2 atom stereocenters. The highest BCUT2D eigenvalue weighted by Gasteiger charge is 2.33. The van der Waals surface area contributed by atoms with E-state index in [-0.39, 0.29) is 36.6 Å². The van der Waals surface area contributed by atoms with Crippen molar-refractivity contribution in [2.45, 2.75) is 44.4 Å². The van der Waals surface area contributed by atoms with E-state index in [1.807, 2.05) is 17.9 Å². The van der Waals surface area contributed by atoms with E-state index >= 15 is 0 Å². The molecule has 0 saturated carbocycles. The number of ether oxygens (including phenoxy) is 2. The highest BCUT2D eigenvalue weighted by atomic mass is 35.5. The van der Waals surface area contributed by atoms with E-state index in [0.717, 1.165) is 45.5 Å². The van der Waals surface area contributed by atoms with Crippen LogP contribution in [0.1, 0.15) is 25.3 Å². The summed E-state index contributed by atoms with van der Waals surface area (Å²) in [5.41, 5.74) is 1.31. The van der Waals surface area contributed by atoms with Gasteiger partial charge in [0.05, 0.1) is 25.4 Å². The summed E-state index contributed by atoms with van der Waals surface area (Å²) < 4.78 is 11.6. The maximum absolute atomic E-state index is 12.6. The molecule has 0 radical (unpaired) electrons. The topological polar surface area (TPSA) is 50.8 Å². The van der Waals surface area contributed by atoms with Crippen LogP contribution in [0.3, 0.4) is 0 Å². The summed E-state index contributed by atoms with van der Waals surface area (Å²) in [5, 5.41) is 3.28. The molecule has 6 heteroatoms. The van der Waals surface area contributed by atoms with E-state index in [2.05, 4.69) is 29.6 Å². The average molecular weight is 369 g/mol. The SMILES string of the molecule is C[C@H]1OCCN[C@@H]1C(=O)N1CCC(OCCc2ccccc2)CC1.Cl. The number of hydrogen-bond acceptors (Lipinski definition) is 4. The minimum absolute atomic E-state index is 0. The Hall–Kier alpha value is -1.14. The molecule has 0 aliphatic carbocycles. The van der Waals surface area contributed by atoms with Gasteiger partial charge in [-0.3, -0.25) is 4.79 Å². The molecule has 0 spiro atoms. The second-order valence-corrected chi connectivity index (χ2v) is 6.64. The number of carbonyl (C=O) groups is 1. The first kappa shape index (κ1) is 20.2. The van der Waals surface area contributed by atoms with Gasteiger partial charge in [0.25, 0.3) is 0 Å². The molecule has 140 valence electrons. The lowest BCUT2D eigenvalue weighted by molar-refractivity contribution is -0.142. The van der Waals surface area contributed by atoms with Crippen LogP contribution in [0.15, 0.2) is 30.3 Å². The molecular formula is C19H29ClN2O3. The highest BCUT2D eigenvalue weighted by Crippen LogP contribution is 2.17. The number of morpholine rings is 1. The molecule has 25 heavy (non-hydrogen) atoms. The number of nitrogens with zero attached hydrogens (tertiary/aromatic N) is 1. The van der Waals surface area contributed by atoms with Crippen LogP contribution in [-0.4, -0.2) is 61.9 Å². The average Bonchev–Trinajstić information content (AvgIpc) is 2.63. The molecule has 2 aliphatic rings. The predicted molar refractivity (Wildman–Crippen MR) is 100 cm³/mol. The lowest BCUT2D eigenvalue weighted by atomic mass is 10.0. The summed E-state index contributed by atoms with van der Waals surface area (Å²) >= 11 is 0. The van der Waals surface area contributed by atoms with Crippen LogP contribution in [0.25, 0.3) is 0 Å². The lowest BCUT2D eigenvalue weighted by Gasteiger charge is -2.37. The Morgan fingerprint density at radius 3 is 2.68 bits per heavy atom. The normalized spacial score (nSPS) is 24.6. The molecule has 1 N–H and O–H groups in total. The molecule has 2 fully saturated rings. The van der Waals surface area contributed by atoms with E-state index < -0.39 is 0 Å². The van der Waals surface area contributed by atoms with Crippen molar-refractivity contribution in [3.8, 4) is 0 Å². The largest absolute Gasteiger partial charge is 0.378 e.